The zero-order valence-corrected chi connectivity index (χ0v) is 21.8. The fraction of sp³-hybridized carbons (Fsp3) is 0.161. The second kappa shape index (κ2) is 8.22. The molecule has 2 aliphatic rings. The van der Waals surface area contributed by atoms with Gasteiger partial charge in [0.25, 0.3) is 11.8 Å². The highest BCUT2D eigenvalue weighted by Crippen LogP contribution is 2.54. The van der Waals surface area contributed by atoms with Crippen molar-refractivity contribution in [1.82, 2.24) is 5.16 Å². The number of aromatic nitrogens is 1. The largest absolute Gasteiger partial charge is 0.450 e. The normalized spacial score (nSPS) is 17.8. The minimum Gasteiger partial charge on any atom is -0.450 e. The number of amides is 2. The molecule has 0 radical (unpaired) electrons. The van der Waals surface area contributed by atoms with Crippen LogP contribution in [0.5, 0.6) is 0 Å². The Hall–Kier alpha value is -5.05. The van der Waals surface area contributed by atoms with Crippen LogP contribution in [0.4, 0.5) is 15.9 Å². The van der Waals surface area contributed by atoms with Crippen LogP contribution in [0, 0.1) is 26.6 Å². The third-order valence-electron chi connectivity index (χ3n) is 7.84. The second-order valence-corrected chi connectivity index (χ2v) is 10.2. The van der Waals surface area contributed by atoms with Gasteiger partial charge in [-0.1, -0.05) is 35.5 Å². The number of hydrogen-bond donors (Lipinski definition) is 0. The number of para-hydroxylation sites is 1. The number of hydrogen-bond acceptors (Lipinski definition) is 6. The van der Waals surface area contributed by atoms with Crippen LogP contribution in [0.25, 0.3) is 11.0 Å². The van der Waals surface area contributed by atoms with Crippen molar-refractivity contribution in [2.45, 2.75) is 32.9 Å². The predicted octanol–water partition coefficient (Wildman–Crippen LogP) is 5.30. The standard InChI is InChI=1S/C31H22FN3O5/c1-16-12-21-24(13-17(16)2)39-28-26(27(21)36)31(35(29(28)37)25-14-18(3)40-33-25)22-6-4-5-7-23(22)34(30(31)38)15-19-8-10-20(32)11-9-19/h4-14H,15H2,1-3H3. The van der Waals surface area contributed by atoms with Gasteiger partial charge in [-0.2, -0.15) is 0 Å². The number of benzene rings is 3. The molecule has 4 heterocycles. The minimum absolute atomic E-state index is 0.0621. The van der Waals surface area contributed by atoms with Gasteiger partial charge in [-0.25, -0.2) is 4.39 Å². The molecule has 7 rings (SSSR count). The summed E-state index contributed by atoms with van der Waals surface area (Å²) in [6.45, 7) is 5.53. The summed E-state index contributed by atoms with van der Waals surface area (Å²) in [6, 6.07) is 17.8. The van der Waals surface area contributed by atoms with Gasteiger partial charge in [0.1, 0.15) is 17.2 Å². The van der Waals surface area contributed by atoms with Crippen LogP contribution in [-0.2, 0) is 16.9 Å². The average Bonchev–Trinajstić information content (AvgIpc) is 3.55. The molecule has 1 unspecified atom stereocenters. The van der Waals surface area contributed by atoms with Gasteiger partial charge in [0.15, 0.2) is 16.8 Å². The first-order valence-corrected chi connectivity index (χ1v) is 12.7. The maximum Gasteiger partial charge on any atom is 0.297 e. The molecule has 0 aliphatic carbocycles. The molecule has 0 saturated carbocycles. The lowest BCUT2D eigenvalue weighted by atomic mass is 9.83. The highest BCUT2D eigenvalue weighted by molar-refractivity contribution is 6.24. The van der Waals surface area contributed by atoms with E-state index in [9.17, 15) is 18.8 Å². The summed E-state index contributed by atoms with van der Waals surface area (Å²) in [4.78, 5) is 46.0. The summed E-state index contributed by atoms with van der Waals surface area (Å²) >= 11 is 0. The molecule has 0 N–H and O–H groups in total. The lowest BCUT2D eigenvalue weighted by Crippen LogP contribution is -2.53. The maximum absolute atomic E-state index is 14.8. The van der Waals surface area contributed by atoms with Gasteiger partial charge in [-0.05, 0) is 67.8 Å². The Kier molecular flexibility index (Phi) is 4.94. The van der Waals surface area contributed by atoms with E-state index in [-0.39, 0.29) is 34.7 Å². The number of carbonyl (C=O) groups excluding carboxylic acids is 2. The number of rotatable bonds is 3. The summed E-state index contributed by atoms with van der Waals surface area (Å²) < 4.78 is 25.1. The highest BCUT2D eigenvalue weighted by Gasteiger charge is 2.66. The lowest BCUT2D eigenvalue weighted by molar-refractivity contribution is -0.121. The Labute approximate surface area is 227 Å². The van der Waals surface area contributed by atoms with Gasteiger partial charge < -0.3 is 13.8 Å². The van der Waals surface area contributed by atoms with E-state index >= 15 is 0 Å². The molecule has 0 bridgehead atoms. The van der Waals surface area contributed by atoms with Gasteiger partial charge in [0.2, 0.25) is 5.76 Å². The van der Waals surface area contributed by atoms with Crippen molar-refractivity contribution in [2.24, 2.45) is 0 Å². The highest BCUT2D eigenvalue weighted by atomic mass is 19.1. The van der Waals surface area contributed by atoms with Crippen LogP contribution >= 0.6 is 0 Å². The SMILES string of the molecule is Cc1cc(N2C(=O)c3oc4cc(C)c(C)cc4c(=O)c3C23C(=O)N(Cc2ccc(F)cc2)c2ccccc23)no1. The van der Waals surface area contributed by atoms with Gasteiger partial charge in [-0.3, -0.25) is 19.3 Å². The zero-order valence-electron chi connectivity index (χ0n) is 21.8. The first-order valence-electron chi connectivity index (χ1n) is 12.7. The van der Waals surface area contributed by atoms with Crippen molar-refractivity contribution < 1.29 is 22.9 Å². The molecule has 1 atom stereocenters. The molecule has 2 amide bonds. The Morgan fingerprint density at radius 1 is 0.925 bits per heavy atom. The van der Waals surface area contributed by atoms with Gasteiger partial charge in [0.05, 0.1) is 23.2 Å². The summed E-state index contributed by atoms with van der Waals surface area (Å²) in [5.41, 5.74) is 1.23. The maximum atomic E-state index is 14.8. The Morgan fingerprint density at radius 3 is 2.38 bits per heavy atom. The van der Waals surface area contributed by atoms with Crippen molar-refractivity contribution in [3.05, 3.63) is 122 Å². The van der Waals surface area contributed by atoms with Crippen molar-refractivity contribution >= 4 is 34.3 Å². The third kappa shape index (κ3) is 3.05. The van der Waals surface area contributed by atoms with Crippen LogP contribution in [0.3, 0.4) is 0 Å². The third-order valence-corrected chi connectivity index (χ3v) is 7.84. The molecule has 40 heavy (non-hydrogen) atoms. The van der Waals surface area contributed by atoms with Crippen LogP contribution in [0.2, 0.25) is 0 Å². The van der Waals surface area contributed by atoms with E-state index in [1.807, 2.05) is 13.8 Å². The number of aryl methyl sites for hydroxylation is 3. The van der Waals surface area contributed by atoms with Crippen molar-refractivity contribution in [3.63, 3.8) is 0 Å². The number of anilines is 2. The summed E-state index contributed by atoms with van der Waals surface area (Å²) in [5, 5.41) is 4.35. The first kappa shape index (κ1) is 24.0. The van der Waals surface area contributed by atoms with Crippen LogP contribution in [0.15, 0.2) is 80.5 Å². The smallest absolute Gasteiger partial charge is 0.297 e. The van der Waals surface area contributed by atoms with Crippen molar-refractivity contribution in [1.29, 1.82) is 0 Å². The Morgan fingerprint density at radius 2 is 1.65 bits per heavy atom. The molecule has 0 fully saturated rings. The van der Waals surface area contributed by atoms with Crippen LogP contribution in [-0.4, -0.2) is 17.0 Å². The molecule has 5 aromatic rings. The van der Waals surface area contributed by atoms with Crippen molar-refractivity contribution in [2.75, 3.05) is 9.80 Å². The molecule has 2 aliphatic heterocycles. The van der Waals surface area contributed by atoms with Crippen LogP contribution < -0.4 is 15.2 Å². The number of fused-ring (bicyclic) bond motifs is 5. The van der Waals surface area contributed by atoms with Crippen LogP contribution in [0.1, 0.15) is 44.1 Å². The summed E-state index contributed by atoms with van der Waals surface area (Å²) in [7, 11) is 0. The monoisotopic (exact) mass is 535 g/mol. The van der Waals surface area contributed by atoms with E-state index in [0.717, 1.165) is 11.1 Å². The molecular formula is C31H22FN3O5. The molecule has 3 aromatic carbocycles. The minimum atomic E-state index is -1.89. The summed E-state index contributed by atoms with van der Waals surface area (Å²) in [6.07, 6.45) is 0. The predicted molar refractivity (Wildman–Crippen MR) is 145 cm³/mol. The van der Waals surface area contributed by atoms with Crippen molar-refractivity contribution in [3.8, 4) is 0 Å². The van der Waals surface area contributed by atoms with Gasteiger partial charge in [0, 0.05) is 11.6 Å². The molecular weight excluding hydrogens is 513 g/mol. The van der Waals surface area contributed by atoms with E-state index in [4.69, 9.17) is 8.94 Å². The molecule has 8 nitrogen and oxygen atoms in total. The molecule has 198 valence electrons. The van der Waals surface area contributed by atoms with Gasteiger partial charge >= 0.3 is 0 Å². The molecule has 1 spiro atoms. The Balaban J connectivity index is 1.56. The molecule has 2 aromatic heterocycles. The van der Waals surface area contributed by atoms with E-state index < -0.39 is 28.6 Å². The number of carbonyl (C=O) groups is 2. The topological polar surface area (TPSA) is 96.9 Å². The molecule has 9 heteroatoms. The lowest BCUT2D eigenvalue weighted by Gasteiger charge is -2.32. The second-order valence-electron chi connectivity index (χ2n) is 10.2. The van der Waals surface area contributed by atoms with E-state index in [1.165, 1.54) is 21.9 Å². The van der Waals surface area contributed by atoms with E-state index in [0.29, 0.717) is 22.6 Å². The van der Waals surface area contributed by atoms with E-state index in [1.54, 1.807) is 61.5 Å². The number of halogens is 1. The van der Waals surface area contributed by atoms with E-state index in [2.05, 4.69) is 5.16 Å². The Bertz CT molecular complexity index is 1960. The zero-order chi connectivity index (χ0) is 27.9. The average molecular weight is 536 g/mol. The summed E-state index contributed by atoms with van der Waals surface area (Å²) in [5.74, 6) is -1.31. The fourth-order valence-electron chi connectivity index (χ4n) is 5.85. The number of nitrogens with zero attached hydrogens (tertiary/aromatic N) is 3. The molecule has 0 saturated heterocycles. The first-order chi connectivity index (χ1) is 19.2. The fourth-order valence-corrected chi connectivity index (χ4v) is 5.85. The quantitative estimate of drug-likeness (QED) is 0.311. The van der Waals surface area contributed by atoms with Gasteiger partial charge in [-0.15, -0.1) is 0 Å².